The van der Waals surface area contributed by atoms with E-state index in [0.717, 1.165) is 7.11 Å². The van der Waals surface area contributed by atoms with Crippen molar-refractivity contribution in [3.05, 3.63) is 22.8 Å². The molecule has 0 spiro atoms. The Balaban J connectivity index is 3.27. The van der Waals surface area contributed by atoms with Crippen LogP contribution in [0.5, 0.6) is 0 Å². The Morgan fingerprint density at radius 2 is 2.24 bits per heavy atom. The Bertz CT molecular complexity index is 379. The Kier molecular flexibility index (Phi) is 4.57. The van der Waals surface area contributed by atoms with Crippen LogP contribution in [-0.2, 0) is 9.53 Å². The van der Waals surface area contributed by atoms with Gasteiger partial charge in [0.05, 0.1) is 18.7 Å². The van der Waals surface area contributed by atoms with Crippen LogP contribution in [0.2, 0.25) is 0 Å². The Labute approximate surface area is 108 Å². The number of alkyl halides is 1. The van der Waals surface area contributed by atoms with Crippen molar-refractivity contribution in [2.24, 2.45) is 0 Å². The minimum Gasteiger partial charge on any atom is -0.467 e. The number of ether oxygens (including phenoxy) is 1. The van der Waals surface area contributed by atoms with Crippen molar-refractivity contribution in [1.82, 2.24) is 0 Å². The van der Waals surface area contributed by atoms with Gasteiger partial charge in [-0.1, -0.05) is 23.8 Å². The number of methoxy groups -OCH3 is 1. The molecule has 0 bridgehead atoms. The van der Waals surface area contributed by atoms with Crippen molar-refractivity contribution in [1.29, 1.82) is 0 Å². The molecular formula is C10H12Cl2O5. The average Bonchev–Trinajstić information content (AvgIpc) is 2.49. The van der Waals surface area contributed by atoms with Crippen LogP contribution >= 0.6 is 23.2 Å². The molecular weight excluding hydrogens is 271 g/mol. The zero-order valence-corrected chi connectivity index (χ0v) is 10.4. The first-order chi connectivity index (χ1) is 7.91. The number of halogens is 2. The van der Waals surface area contributed by atoms with Crippen LogP contribution < -0.4 is 0 Å². The molecule has 0 saturated carbocycles. The minimum absolute atomic E-state index is 0.0763. The van der Waals surface area contributed by atoms with Crippen molar-refractivity contribution < 1.29 is 24.9 Å². The number of aliphatic hydroxyl groups is 3. The standard InChI is InChI=1S/C10H12Cl2O5/c1-17-9(15)10(16)5(3-2-4-13)6(11)7(14)8(10)12/h2-3,7-8,13-14,16H,4H2,1H3/b3-2-. The van der Waals surface area contributed by atoms with Gasteiger partial charge in [-0.15, -0.1) is 11.6 Å². The maximum absolute atomic E-state index is 11.6. The minimum atomic E-state index is -2.22. The largest absolute Gasteiger partial charge is 0.467 e. The van der Waals surface area contributed by atoms with Crippen LogP contribution in [0.15, 0.2) is 22.8 Å². The molecule has 17 heavy (non-hydrogen) atoms. The van der Waals surface area contributed by atoms with Gasteiger partial charge < -0.3 is 20.1 Å². The fourth-order valence-corrected chi connectivity index (χ4v) is 2.33. The monoisotopic (exact) mass is 282 g/mol. The molecule has 0 aromatic heterocycles. The van der Waals surface area contributed by atoms with Crippen LogP contribution in [0.3, 0.4) is 0 Å². The van der Waals surface area contributed by atoms with Crippen LogP contribution in [0, 0.1) is 0 Å². The summed E-state index contributed by atoms with van der Waals surface area (Å²) in [5.74, 6) is -1.02. The summed E-state index contributed by atoms with van der Waals surface area (Å²) in [6.07, 6.45) is 1.11. The Hall–Kier alpha value is -0.590. The highest BCUT2D eigenvalue weighted by Gasteiger charge is 2.57. The molecule has 0 amide bonds. The second-order valence-corrected chi connectivity index (χ2v) is 4.33. The third kappa shape index (κ3) is 2.21. The Morgan fingerprint density at radius 1 is 1.65 bits per heavy atom. The third-order valence-corrected chi connectivity index (χ3v) is 3.47. The molecule has 5 nitrogen and oxygen atoms in total. The number of rotatable bonds is 3. The highest BCUT2D eigenvalue weighted by atomic mass is 35.5. The second kappa shape index (κ2) is 5.37. The molecule has 0 heterocycles. The van der Waals surface area contributed by atoms with Crippen LogP contribution in [-0.4, -0.2) is 52.1 Å². The average molecular weight is 283 g/mol. The molecule has 3 atom stereocenters. The lowest BCUT2D eigenvalue weighted by Crippen LogP contribution is -2.49. The van der Waals surface area contributed by atoms with Crippen molar-refractivity contribution in [3.63, 3.8) is 0 Å². The molecule has 7 heteroatoms. The van der Waals surface area contributed by atoms with E-state index in [-0.39, 0.29) is 17.2 Å². The van der Waals surface area contributed by atoms with E-state index in [9.17, 15) is 15.0 Å². The van der Waals surface area contributed by atoms with E-state index in [4.69, 9.17) is 28.3 Å². The number of esters is 1. The molecule has 0 aliphatic heterocycles. The highest BCUT2D eigenvalue weighted by Crippen LogP contribution is 2.42. The van der Waals surface area contributed by atoms with E-state index in [1.54, 1.807) is 0 Å². The van der Waals surface area contributed by atoms with Gasteiger partial charge in [0.2, 0.25) is 5.60 Å². The quantitative estimate of drug-likeness (QED) is 0.498. The summed E-state index contributed by atoms with van der Waals surface area (Å²) in [5, 5.41) is 27.0. The summed E-state index contributed by atoms with van der Waals surface area (Å²) in [4.78, 5) is 11.6. The van der Waals surface area contributed by atoms with E-state index in [2.05, 4.69) is 4.74 Å². The molecule has 0 saturated heterocycles. The van der Waals surface area contributed by atoms with Crippen molar-refractivity contribution in [3.8, 4) is 0 Å². The first kappa shape index (κ1) is 14.5. The predicted octanol–water partition coefficient (Wildman–Crippen LogP) is -0.0862. The molecule has 1 aliphatic carbocycles. The summed E-state index contributed by atoms with van der Waals surface area (Å²) >= 11 is 11.6. The van der Waals surface area contributed by atoms with Crippen LogP contribution in [0.1, 0.15) is 0 Å². The molecule has 0 aromatic rings. The molecule has 0 fully saturated rings. The van der Waals surface area contributed by atoms with Gasteiger partial charge in [0.1, 0.15) is 11.5 Å². The van der Waals surface area contributed by atoms with E-state index in [1.165, 1.54) is 12.2 Å². The van der Waals surface area contributed by atoms with Gasteiger partial charge in [-0.2, -0.15) is 0 Å². The summed E-state index contributed by atoms with van der Waals surface area (Å²) in [6.45, 7) is -0.312. The third-order valence-electron chi connectivity index (χ3n) is 2.49. The van der Waals surface area contributed by atoms with Crippen molar-refractivity contribution >= 4 is 29.2 Å². The first-order valence-electron chi connectivity index (χ1n) is 4.71. The van der Waals surface area contributed by atoms with Crippen LogP contribution in [0.25, 0.3) is 0 Å². The van der Waals surface area contributed by atoms with Gasteiger partial charge in [0.25, 0.3) is 0 Å². The van der Waals surface area contributed by atoms with E-state index >= 15 is 0 Å². The lowest BCUT2D eigenvalue weighted by molar-refractivity contribution is -0.158. The zero-order valence-electron chi connectivity index (χ0n) is 8.93. The fraction of sp³-hybridized carbons (Fsp3) is 0.500. The second-order valence-electron chi connectivity index (χ2n) is 3.45. The number of aliphatic hydroxyl groups excluding tert-OH is 2. The lowest BCUT2D eigenvalue weighted by atomic mass is 9.94. The zero-order chi connectivity index (χ0) is 13.2. The summed E-state index contributed by atoms with van der Waals surface area (Å²) in [5.41, 5.74) is -2.30. The maximum Gasteiger partial charge on any atom is 0.344 e. The molecule has 3 N–H and O–H groups in total. The summed E-state index contributed by atoms with van der Waals surface area (Å²) in [7, 11) is 1.08. The van der Waals surface area contributed by atoms with Gasteiger partial charge in [-0.3, -0.25) is 0 Å². The van der Waals surface area contributed by atoms with E-state index in [1.807, 2.05) is 0 Å². The maximum atomic E-state index is 11.6. The molecule has 1 aliphatic rings. The SMILES string of the molecule is COC(=O)C1(O)C(/C=C\CO)=C(Cl)C(O)C1Cl. The van der Waals surface area contributed by atoms with Crippen LogP contribution in [0.4, 0.5) is 0 Å². The fourth-order valence-electron chi connectivity index (χ4n) is 1.60. The van der Waals surface area contributed by atoms with Gasteiger partial charge in [-0.25, -0.2) is 4.79 Å². The van der Waals surface area contributed by atoms with Crippen molar-refractivity contribution in [2.75, 3.05) is 13.7 Å². The Morgan fingerprint density at radius 3 is 2.71 bits per heavy atom. The highest BCUT2D eigenvalue weighted by molar-refractivity contribution is 6.34. The first-order valence-corrected chi connectivity index (χ1v) is 5.53. The number of hydrogen-bond donors (Lipinski definition) is 3. The molecule has 1 rings (SSSR count). The van der Waals surface area contributed by atoms with Gasteiger partial charge in [0.15, 0.2) is 0 Å². The number of carbonyl (C=O) groups excluding carboxylic acids is 1. The topological polar surface area (TPSA) is 87.0 Å². The predicted molar refractivity (Wildman–Crippen MR) is 61.7 cm³/mol. The van der Waals surface area contributed by atoms with Gasteiger partial charge in [-0.05, 0) is 0 Å². The van der Waals surface area contributed by atoms with Gasteiger partial charge >= 0.3 is 5.97 Å². The number of carbonyl (C=O) groups is 1. The smallest absolute Gasteiger partial charge is 0.344 e. The molecule has 96 valence electrons. The van der Waals surface area contributed by atoms with E-state index in [0.29, 0.717) is 0 Å². The van der Waals surface area contributed by atoms with E-state index < -0.39 is 23.1 Å². The van der Waals surface area contributed by atoms with Crippen molar-refractivity contribution in [2.45, 2.75) is 17.1 Å². The summed E-state index contributed by atoms with van der Waals surface area (Å²) in [6, 6.07) is 0. The normalized spacial score (nSPS) is 33.5. The molecule has 0 radical (unpaired) electrons. The lowest BCUT2D eigenvalue weighted by Gasteiger charge is -2.25. The molecule has 3 unspecified atom stereocenters. The molecule has 0 aromatic carbocycles. The number of hydrogen-bond acceptors (Lipinski definition) is 5. The van der Waals surface area contributed by atoms with Gasteiger partial charge in [0, 0.05) is 5.57 Å². The summed E-state index contributed by atoms with van der Waals surface area (Å²) < 4.78 is 4.44.